The van der Waals surface area contributed by atoms with Gasteiger partial charge in [0.05, 0.1) is 45.1 Å². The molecule has 1 rings (SSSR count). The predicted molar refractivity (Wildman–Crippen MR) is 114 cm³/mol. The Morgan fingerprint density at radius 1 is 0.929 bits per heavy atom. The Morgan fingerprint density at radius 3 is 1.93 bits per heavy atom. The number of aliphatic hydroxyl groups excluding tert-OH is 1. The van der Waals surface area contributed by atoms with E-state index in [1.165, 1.54) is 0 Å². The molecule has 0 aromatic heterocycles. The second-order valence-corrected chi connectivity index (χ2v) is 9.95. The zero-order chi connectivity index (χ0) is 21.2. The summed E-state index contributed by atoms with van der Waals surface area (Å²) >= 11 is 0. The molecule has 2 atom stereocenters. The van der Waals surface area contributed by atoms with Crippen LogP contribution >= 0.6 is 0 Å². The minimum atomic E-state index is -0.387. The Bertz CT molecular complexity index is 504. The summed E-state index contributed by atoms with van der Waals surface area (Å²) in [5.74, 6) is 0. The van der Waals surface area contributed by atoms with Crippen LogP contribution in [0.1, 0.15) is 54.0 Å². The van der Waals surface area contributed by atoms with E-state index >= 15 is 0 Å². The molecular formula is C23H41NO4. The summed E-state index contributed by atoms with van der Waals surface area (Å²) < 4.78 is 17.9. The van der Waals surface area contributed by atoms with E-state index in [0.717, 1.165) is 5.56 Å². The van der Waals surface area contributed by atoms with Crippen molar-refractivity contribution in [3.63, 3.8) is 0 Å². The minimum Gasteiger partial charge on any atom is -0.395 e. The molecule has 0 amide bonds. The van der Waals surface area contributed by atoms with Crippen LogP contribution in [-0.2, 0) is 20.8 Å². The predicted octanol–water partition coefficient (Wildman–Crippen LogP) is 3.99. The first-order chi connectivity index (χ1) is 13.0. The highest BCUT2D eigenvalue weighted by Crippen LogP contribution is 2.19. The standard InChI is InChI=1S/C23H41NO4/c1-18(21(27-16-22(2,3)4)28-17-23(5,6)7)24-20(13-25)15-26-14-19-11-9-8-10-12-19/h8-12,18,20-21,24-25H,13-17H2,1-7H3/t18-,20?/m0/s1. The lowest BCUT2D eigenvalue weighted by atomic mass is 9.98. The highest BCUT2D eigenvalue weighted by Gasteiger charge is 2.26. The van der Waals surface area contributed by atoms with Crippen molar-refractivity contribution in [1.29, 1.82) is 0 Å². The van der Waals surface area contributed by atoms with Crippen LogP contribution in [-0.4, -0.2) is 49.9 Å². The normalized spacial score (nSPS) is 15.0. The van der Waals surface area contributed by atoms with Crippen LogP contribution in [0.2, 0.25) is 0 Å². The number of hydrogen-bond acceptors (Lipinski definition) is 5. The maximum absolute atomic E-state index is 9.75. The van der Waals surface area contributed by atoms with E-state index < -0.39 is 0 Å². The van der Waals surface area contributed by atoms with Crippen molar-refractivity contribution in [2.75, 3.05) is 26.4 Å². The lowest BCUT2D eigenvalue weighted by Crippen LogP contribution is -2.50. The van der Waals surface area contributed by atoms with Crippen molar-refractivity contribution in [1.82, 2.24) is 5.32 Å². The SMILES string of the molecule is C[C@H](NC(CO)COCc1ccccc1)C(OCC(C)(C)C)OCC(C)(C)C. The molecule has 162 valence electrons. The lowest BCUT2D eigenvalue weighted by Gasteiger charge is -2.32. The molecule has 0 saturated carbocycles. The summed E-state index contributed by atoms with van der Waals surface area (Å²) in [6, 6.07) is 9.76. The fourth-order valence-electron chi connectivity index (χ4n) is 2.50. The average Bonchev–Trinajstić information content (AvgIpc) is 2.59. The topological polar surface area (TPSA) is 60.0 Å². The largest absolute Gasteiger partial charge is 0.395 e. The van der Waals surface area contributed by atoms with Gasteiger partial charge < -0.3 is 24.6 Å². The first kappa shape index (κ1) is 25.1. The van der Waals surface area contributed by atoms with Gasteiger partial charge in [-0.2, -0.15) is 0 Å². The number of ether oxygens (including phenoxy) is 3. The van der Waals surface area contributed by atoms with Crippen LogP contribution in [0.5, 0.6) is 0 Å². The zero-order valence-corrected chi connectivity index (χ0v) is 18.8. The molecule has 0 fully saturated rings. The molecule has 0 aliphatic rings. The van der Waals surface area contributed by atoms with Gasteiger partial charge in [0.1, 0.15) is 0 Å². The van der Waals surface area contributed by atoms with Gasteiger partial charge in [-0.05, 0) is 23.3 Å². The number of nitrogens with one attached hydrogen (secondary N) is 1. The second-order valence-electron chi connectivity index (χ2n) is 9.95. The fraction of sp³-hybridized carbons (Fsp3) is 0.739. The van der Waals surface area contributed by atoms with Crippen molar-refractivity contribution >= 4 is 0 Å². The average molecular weight is 396 g/mol. The van der Waals surface area contributed by atoms with Gasteiger partial charge in [0.2, 0.25) is 0 Å². The molecule has 5 heteroatoms. The van der Waals surface area contributed by atoms with E-state index in [4.69, 9.17) is 14.2 Å². The summed E-state index contributed by atoms with van der Waals surface area (Å²) in [6.45, 7) is 17.0. The number of hydrogen-bond donors (Lipinski definition) is 2. The van der Waals surface area contributed by atoms with E-state index in [1.807, 2.05) is 37.3 Å². The second kappa shape index (κ2) is 11.9. The zero-order valence-electron chi connectivity index (χ0n) is 18.8. The number of aliphatic hydroxyl groups is 1. The van der Waals surface area contributed by atoms with Crippen LogP contribution in [0.3, 0.4) is 0 Å². The summed E-state index contributed by atoms with van der Waals surface area (Å²) in [4.78, 5) is 0. The van der Waals surface area contributed by atoms with Gasteiger partial charge in [-0.1, -0.05) is 71.9 Å². The van der Waals surface area contributed by atoms with Gasteiger partial charge in [0, 0.05) is 0 Å². The Morgan fingerprint density at radius 2 is 1.46 bits per heavy atom. The third-order valence-electron chi connectivity index (χ3n) is 3.92. The maximum atomic E-state index is 9.75. The lowest BCUT2D eigenvalue weighted by molar-refractivity contribution is -0.183. The highest BCUT2D eigenvalue weighted by molar-refractivity contribution is 5.13. The fourth-order valence-corrected chi connectivity index (χ4v) is 2.50. The smallest absolute Gasteiger partial charge is 0.172 e. The van der Waals surface area contributed by atoms with Gasteiger partial charge >= 0.3 is 0 Å². The van der Waals surface area contributed by atoms with Crippen LogP contribution < -0.4 is 5.32 Å². The molecule has 0 aliphatic heterocycles. The summed E-state index contributed by atoms with van der Waals surface area (Å²) in [5, 5.41) is 13.1. The van der Waals surface area contributed by atoms with Gasteiger partial charge in [-0.25, -0.2) is 0 Å². The number of benzene rings is 1. The third-order valence-corrected chi connectivity index (χ3v) is 3.92. The highest BCUT2D eigenvalue weighted by atomic mass is 16.7. The number of rotatable bonds is 12. The van der Waals surface area contributed by atoms with Crippen molar-refractivity contribution in [3.8, 4) is 0 Å². The van der Waals surface area contributed by atoms with Crippen LogP contribution in [0.15, 0.2) is 30.3 Å². The quantitative estimate of drug-likeness (QED) is 0.524. The summed E-state index contributed by atoms with van der Waals surface area (Å²) in [5.41, 5.74) is 1.23. The molecule has 0 radical (unpaired) electrons. The Labute approximate surface area is 171 Å². The molecule has 0 aliphatic carbocycles. The Balaban J connectivity index is 2.56. The van der Waals surface area contributed by atoms with E-state index in [2.05, 4.69) is 46.9 Å². The van der Waals surface area contributed by atoms with Gasteiger partial charge in [0.15, 0.2) is 6.29 Å². The van der Waals surface area contributed by atoms with Gasteiger partial charge in [-0.15, -0.1) is 0 Å². The van der Waals surface area contributed by atoms with Crippen molar-refractivity contribution < 1.29 is 19.3 Å². The molecule has 1 aromatic rings. The molecule has 0 heterocycles. The first-order valence-corrected chi connectivity index (χ1v) is 10.2. The van der Waals surface area contributed by atoms with Crippen molar-refractivity contribution in [3.05, 3.63) is 35.9 Å². The summed E-state index contributed by atoms with van der Waals surface area (Å²) in [6.07, 6.45) is -0.387. The molecular weight excluding hydrogens is 354 g/mol. The minimum absolute atomic E-state index is 0.00953. The van der Waals surface area contributed by atoms with Crippen LogP contribution in [0.4, 0.5) is 0 Å². The van der Waals surface area contributed by atoms with Crippen LogP contribution in [0, 0.1) is 10.8 Å². The van der Waals surface area contributed by atoms with E-state index in [-0.39, 0.29) is 35.8 Å². The van der Waals surface area contributed by atoms with Gasteiger partial charge in [-0.3, -0.25) is 0 Å². The van der Waals surface area contributed by atoms with Crippen molar-refractivity contribution in [2.24, 2.45) is 10.8 Å². The molecule has 2 N–H and O–H groups in total. The van der Waals surface area contributed by atoms with E-state index in [9.17, 15) is 5.11 Å². The molecule has 0 spiro atoms. The first-order valence-electron chi connectivity index (χ1n) is 10.2. The molecule has 0 bridgehead atoms. The monoisotopic (exact) mass is 395 g/mol. The van der Waals surface area contributed by atoms with E-state index in [1.54, 1.807) is 0 Å². The molecule has 28 heavy (non-hydrogen) atoms. The molecule has 1 unspecified atom stereocenters. The van der Waals surface area contributed by atoms with Crippen molar-refractivity contribution in [2.45, 2.75) is 73.4 Å². The van der Waals surface area contributed by atoms with E-state index in [0.29, 0.717) is 26.4 Å². The molecule has 0 saturated heterocycles. The molecule has 5 nitrogen and oxygen atoms in total. The maximum Gasteiger partial charge on any atom is 0.172 e. The van der Waals surface area contributed by atoms with Gasteiger partial charge in [0.25, 0.3) is 0 Å². The third kappa shape index (κ3) is 11.8. The molecule has 1 aromatic carbocycles. The Hall–Kier alpha value is -0.980. The summed E-state index contributed by atoms with van der Waals surface area (Å²) in [7, 11) is 0. The Kier molecular flexibility index (Phi) is 10.6. The van der Waals surface area contributed by atoms with Crippen LogP contribution in [0.25, 0.3) is 0 Å².